The zero-order valence-corrected chi connectivity index (χ0v) is 22.4. The third-order valence-corrected chi connectivity index (χ3v) is 7.53. The van der Waals surface area contributed by atoms with Gasteiger partial charge < -0.3 is 10.1 Å². The topological polar surface area (TPSA) is 43.5 Å². The largest absolute Gasteiger partial charge is 0.495 e. The van der Waals surface area contributed by atoms with Gasteiger partial charge in [0.25, 0.3) is 0 Å². The van der Waals surface area contributed by atoms with E-state index in [0.29, 0.717) is 10.1 Å². The van der Waals surface area contributed by atoms with Gasteiger partial charge >= 0.3 is 0 Å². The Labute approximate surface area is 226 Å². The van der Waals surface area contributed by atoms with Gasteiger partial charge in [-0.1, -0.05) is 65.7 Å². The highest BCUT2D eigenvalue weighted by Crippen LogP contribution is 2.37. The SMILES string of the molecule is COc1ccccc1NC(=S)n1c(-c2ccc(C)cc2)c2n3c(c(-c4ccc(Cl)cc4)nc13)CCCC2. The minimum Gasteiger partial charge on any atom is -0.495 e. The van der Waals surface area contributed by atoms with E-state index < -0.39 is 0 Å². The maximum Gasteiger partial charge on any atom is 0.222 e. The van der Waals surface area contributed by atoms with Crippen molar-refractivity contribution in [2.45, 2.75) is 32.6 Å². The van der Waals surface area contributed by atoms with Gasteiger partial charge in [0.2, 0.25) is 5.78 Å². The fraction of sp³-hybridized carbons (Fsp3) is 0.200. The number of ether oxygens (including phenoxy) is 1. The van der Waals surface area contributed by atoms with Crippen LogP contribution in [0.15, 0.2) is 72.8 Å². The molecule has 186 valence electrons. The summed E-state index contributed by atoms with van der Waals surface area (Å²) >= 11 is 12.3. The molecule has 2 aromatic heterocycles. The molecule has 0 spiro atoms. The van der Waals surface area contributed by atoms with Crippen molar-refractivity contribution in [1.29, 1.82) is 0 Å². The van der Waals surface area contributed by atoms with Gasteiger partial charge in [0.15, 0.2) is 5.11 Å². The first kappa shape index (κ1) is 23.8. The molecule has 0 amide bonds. The molecule has 0 radical (unpaired) electrons. The summed E-state index contributed by atoms with van der Waals surface area (Å²) in [6, 6.07) is 24.4. The fourth-order valence-corrected chi connectivity index (χ4v) is 5.62. The van der Waals surface area contributed by atoms with Gasteiger partial charge in [0.05, 0.1) is 35.6 Å². The fourth-order valence-electron chi connectivity index (χ4n) is 5.21. The molecule has 0 atom stereocenters. The maximum absolute atomic E-state index is 6.20. The van der Waals surface area contributed by atoms with Crippen LogP contribution < -0.4 is 10.1 Å². The first-order valence-corrected chi connectivity index (χ1v) is 13.3. The number of nitrogens with one attached hydrogen (secondary N) is 1. The van der Waals surface area contributed by atoms with Crippen LogP contribution in [0.3, 0.4) is 0 Å². The lowest BCUT2D eigenvalue weighted by Crippen LogP contribution is -2.21. The van der Waals surface area contributed by atoms with Crippen LogP contribution in [0.1, 0.15) is 29.8 Å². The van der Waals surface area contributed by atoms with E-state index in [1.54, 1.807) is 7.11 Å². The van der Waals surface area contributed by atoms with E-state index in [2.05, 4.69) is 45.5 Å². The van der Waals surface area contributed by atoms with Gasteiger partial charge in [-0.2, -0.15) is 0 Å². The molecule has 3 aromatic carbocycles. The average Bonchev–Trinajstić information content (AvgIpc) is 3.33. The first-order chi connectivity index (χ1) is 18.0. The number of aryl methyl sites for hydroxylation is 3. The number of hydrogen-bond donors (Lipinski definition) is 1. The molecule has 6 rings (SSSR count). The van der Waals surface area contributed by atoms with E-state index in [1.165, 1.54) is 17.0 Å². The van der Waals surface area contributed by atoms with Crippen LogP contribution in [-0.4, -0.2) is 26.2 Å². The Bertz CT molecular complexity index is 1620. The molecule has 37 heavy (non-hydrogen) atoms. The second-order valence-electron chi connectivity index (χ2n) is 9.38. The number of thiocarbonyl (C=S) groups is 1. The van der Waals surface area contributed by atoms with Crippen LogP contribution in [0.25, 0.3) is 28.3 Å². The van der Waals surface area contributed by atoms with Gasteiger partial charge in [-0.15, -0.1) is 0 Å². The molecule has 0 saturated carbocycles. The van der Waals surface area contributed by atoms with Crippen molar-refractivity contribution in [3.05, 3.63) is 94.8 Å². The Balaban J connectivity index is 1.60. The number of anilines is 1. The molecule has 5 aromatic rings. The Morgan fingerprint density at radius 3 is 2.32 bits per heavy atom. The van der Waals surface area contributed by atoms with Crippen molar-refractivity contribution in [2.24, 2.45) is 0 Å². The normalized spacial score (nSPS) is 12.9. The zero-order chi connectivity index (χ0) is 25.5. The molecule has 0 saturated heterocycles. The first-order valence-electron chi connectivity index (χ1n) is 12.5. The van der Waals surface area contributed by atoms with Gasteiger partial charge in [0.1, 0.15) is 5.75 Å². The van der Waals surface area contributed by atoms with E-state index in [-0.39, 0.29) is 0 Å². The minimum absolute atomic E-state index is 0.552. The summed E-state index contributed by atoms with van der Waals surface area (Å²) in [5.74, 6) is 1.55. The second-order valence-corrected chi connectivity index (χ2v) is 10.2. The molecule has 0 aliphatic carbocycles. The quantitative estimate of drug-likeness (QED) is 0.245. The highest BCUT2D eigenvalue weighted by molar-refractivity contribution is 7.80. The predicted octanol–water partition coefficient (Wildman–Crippen LogP) is 7.56. The molecule has 0 unspecified atom stereocenters. The number of hydrogen-bond acceptors (Lipinski definition) is 3. The Morgan fingerprint density at radius 1 is 0.919 bits per heavy atom. The molecule has 5 nitrogen and oxygen atoms in total. The molecular weight excluding hydrogens is 500 g/mol. The van der Waals surface area contributed by atoms with E-state index in [4.69, 9.17) is 33.5 Å². The number of imidazole rings is 2. The number of halogens is 1. The summed E-state index contributed by atoms with van der Waals surface area (Å²) in [7, 11) is 1.67. The predicted molar refractivity (Wildman–Crippen MR) is 155 cm³/mol. The molecular formula is C30H27ClN4OS. The summed E-state index contributed by atoms with van der Waals surface area (Å²) in [6.45, 7) is 2.11. The van der Waals surface area contributed by atoms with Crippen LogP contribution in [0.4, 0.5) is 5.69 Å². The van der Waals surface area contributed by atoms with E-state index >= 15 is 0 Å². The Morgan fingerprint density at radius 2 is 1.59 bits per heavy atom. The van der Waals surface area contributed by atoms with Gasteiger partial charge in [-0.05, 0) is 69.1 Å². The Hall–Kier alpha value is -3.61. The van der Waals surface area contributed by atoms with Crippen LogP contribution in [0.2, 0.25) is 5.02 Å². The van der Waals surface area contributed by atoms with Gasteiger partial charge in [-0.3, -0.25) is 8.97 Å². The van der Waals surface area contributed by atoms with Crippen molar-refractivity contribution in [1.82, 2.24) is 14.0 Å². The number of benzene rings is 3. The van der Waals surface area contributed by atoms with E-state index in [0.717, 1.165) is 65.4 Å². The monoisotopic (exact) mass is 526 g/mol. The van der Waals surface area contributed by atoms with Crippen molar-refractivity contribution < 1.29 is 4.74 Å². The molecule has 0 bridgehead atoms. The van der Waals surface area contributed by atoms with Gasteiger partial charge in [0, 0.05) is 16.1 Å². The summed E-state index contributed by atoms with van der Waals surface area (Å²) < 4.78 is 10.0. The molecule has 0 fully saturated rings. The van der Waals surface area contributed by atoms with E-state index in [9.17, 15) is 0 Å². The number of methoxy groups -OCH3 is 1. The molecule has 7 heteroatoms. The van der Waals surface area contributed by atoms with Crippen molar-refractivity contribution in [3.8, 4) is 28.3 Å². The summed E-state index contributed by atoms with van der Waals surface area (Å²) in [5, 5.41) is 4.71. The lowest BCUT2D eigenvalue weighted by molar-refractivity contribution is 0.417. The summed E-state index contributed by atoms with van der Waals surface area (Å²) in [6.07, 6.45) is 4.12. The Kier molecular flexibility index (Phi) is 6.22. The molecule has 3 heterocycles. The highest BCUT2D eigenvalue weighted by atomic mass is 35.5. The third kappa shape index (κ3) is 4.20. The summed E-state index contributed by atoms with van der Waals surface area (Å²) in [4.78, 5) is 5.22. The summed E-state index contributed by atoms with van der Waals surface area (Å²) in [5.41, 5.74) is 8.74. The van der Waals surface area contributed by atoms with Gasteiger partial charge in [-0.25, -0.2) is 4.98 Å². The minimum atomic E-state index is 0.552. The molecule has 1 N–H and O–H groups in total. The molecule has 1 aliphatic heterocycles. The van der Waals surface area contributed by atoms with Crippen molar-refractivity contribution >= 4 is 40.4 Å². The third-order valence-electron chi connectivity index (χ3n) is 6.99. The number of nitrogens with zero attached hydrogens (tertiary/aromatic N) is 3. The standard InChI is InChI=1S/C30H27ClN4OS/c1-19-11-13-21(14-12-19)28-25-9-5-4-8-24-27(20-15-17-22(31)18-16-20)33-29(34(24)25)35(28)30(37)32-23-7-3-6-10-26(23)36-2/h3,6-7,10-18H,4-5,8-9H2,1-2H3,(H,32,37). The second kappa shape index (κ2) is 9.69. The van der Waals surface area contributed by atoms with Crippen molar-refractivity contribution in [2.75, 3.05) is 12.4 Å². The molecule has 1 aliphatic rings. The number of rotatable bonds is 4. The van der Waals surface area contributed by atoms with Crippen LogP contribution in [0.5, 0.6) is 5.75 Å². The number of aromatic nitrogens is 3. The van der Waals surface area contributed by atoms with Crippen LogP contribution in [-0.2, 0) is 12.8 Å². The lowest BCUT2D eigenvalue weighted by atomic mass is 10.0. The highest BCUT2D eigenvalue weighted by Gasteiger charge is 2.29. The smallest absolute Gasteiger partial charge is 0.222 e. The van der Waals surface area contributed by atoms with Crippen LogP contribution in [0, 0.1) is 6.92 Å². The number of para-hydroxylation sites is 2. The lowest BCUT2D eigenvalue weighted by Gasteiger charge is -2.15. The average molecular weight is 527 g/mol. The van der Waals surface area contributed by atoms with Crippen LogP contribution >= 0.6 is 23.8 Å². The van der Waals surface area contributed by atoms with E-state index in [1.807, 2.05) is 48.5 Å². The maximum atomic E-state index is 6.20. The van der Waals surface area contributed by atoms with Crippen molar-refractivity contribution in [3.63, 3.8) is 0 Å². The zero-order valence-electron chi connectivity index (χ0n) is 20.8.